The average Bonchev–Trinajstić information content (AvgIpc) is 2.63. The zero-order valence-electron chi connectivity index (χ0n) is 15.3. The van der Waals surface area contributed by atoms with E-state index in [0.717, 1.165) is 37.0 Å². The van der Waals surface area contributed by atoms with Crippen LogP contribution < -0.4 is 10.2 Å². The van der Waals surface area contributed by atoms with E-state index in [1.165, 1.54) is 31.2 Å². The van der Waals surface area contributed by atoms with Crippen LogP contribution in [0.4, 0.5) is 11.8 Å². The fraction of sp³-hybridized carbons (Fsp3) is 0.429. The molecule has 2 aromatic rings. The maximum absolute atomic E-state index is 4.70. The van der Waals surface area contributed by atoms with Gasteiger partial charge in [-0.1, -0.05) is 42.0 Å². The van der Waals surface area contributed by atoms with Crippen LogP contribution in [0.2, 0.25) is 0 Å². The van der Waals surface area contributed by atoms with Gasteiger partial charge in [-0.15, -0.1) is 0 Å². The van der Waals surface area contributed by atoms with Crippen molar-refractivity contribution in [2.75, 3.05) is 23.8 Å². The Morgan fingerprint density at radius 3 is 2.72 bits per heavy atom. The summed E-state index contributed by atoms with van der Waals surface area (Å²) in [4.78, 5) is 11.4. The monoisotopic (exact) mass is 336 g/mol. The molecule has 0 atom stereocenters. The molecular formula is C21H28N4. The third-order valence-electron chi connectivity index (χ3n) is 4.61. The molecule has 4 heteroatoms. The second-order valence-corrected chi connectivity index (χ2v) is 6.82. The van der Waals surface area contributed by atoms with Gasteiger partial charge < -0.3 is 10.2 Å². The van der Waals surface area contributed by atoms with E-state index < -0.39 is 0 Å². The van der Waals surface area contributed by atoms with E-state index in [4.69, 9.17) is 4.98 Å². The Morgan fingerprint density at radius 2 is 1.96 bits per heavy atom. The van der Waals surface area contributed by atoms with Crippen LogP contribution in [0.25, 0.3) is 0 Å². The zero-order valence-corrected chi connectivity index (χ0v) is 15.3. The third-order valence-corrected chi connectivity index (χ3v) is 4.61. The summed E-state index contributed by atoms with van der Waals surface area (Å²) < 4.78 is 0. The van der Waals surface area contributed by atoms with Crippen LogP contribution in [0.5, 0.6) is 0 Å². The smallest absolute Gasteiger partial charge is 0.224 e. The molecular weight excluding hydrogens is 308 g/mol. The molecule has 1 aliphatic carbocycles. The Labute approximate surface area is 151 Å². The molecule has 1 aromatic heterocycles. The summed E-state index contributed by atoms with van der Waals surface area (Å²) in [7, 11) is 2.07. The van der Waals surface area contributed by atoms with E-state index in [0.29, 0.717) is 0 Å². The van der Waals surface area contributed by atoms with Gasteiger partial charge in [0.1, 0.15) is 5.82 Å². The third kappa shape index (κ3) is 5.31. The van der Waals surface area contributed by atoms with Crippen LogP contribution in [0.3, 0.4) is 0 Å². The minimum absolute atomic E-state index is 0.728. The van der Waals surface area contributed by atoms with Crippen LogP contribution >= 0.6 is 0 Å². The molecule has 0 amide bonds. The highest BCUT2D eigenvalue weighted by Gasteiger charge is 2.08. The van der Waals surface area contributed by atoms with Gasteiger partial charge in [-0.05, 0) is 44.6 Å². The Balaban J connectivity index is 1.60. The lowest BCUT2D eigenvalue weighted by atomic mass is 9.97. The molecule has 0 bridgehead atoms. The Morgan fingerprint density at radius 1 is 1.12 bits per heavy atom. The summed E-state index contributed by atoms with van der Waals surface area (Å²) in [5, 5.41) is 3.40. The number of hydrogen-bond acceptors (Lipinski definition) is 4. The standard InChI is InChI=1S/C21H28N4/c1-17-15-20(25(2)16-19-11-7-4-8-12-19)24-21(23-17)22-14-13-18-9-5-3-6-10-18/h4,7-9,11-12,15H,3,5-6,10,13-14,16H2,1-2H3,(H,22,23,24). The Kier molecular flexibility index (Phi) is 6.04. The number of benzene rings is 1. The summed E-state index contributed by atoms with van der Waals surface area (Å²) in [6.45, 7) is 3.76. The number of allylic oxidation sites excluding steroid dienone is 1. The van der Waals surface area contributed by atoms with Gasteiger partial charge in [-0.2, -0.15) is 4.98 Å². The minimum Gasteiger partial charge on any atom is -0.355 e. The number of nitrogens with one attached hydrogen (secondary N) is 1. The maximum Gasteiger partial charge on any atom is 0.224 e. The molecule has 1 heterocycles. The lowest BCUT2D eigenvalue weighted by molar-refractivity contribution is 0.679. The van der Waals surface area contributed by atoms with Crippen molar-refractivity contribution < 1.29 is 0 Å². The number of nitrogens with zero attached hydrogens (tertiary/aromatic N) is 3. The first-order valence-electron chi connectivity index (χ1n) is 9.23. The van der Waals surface area contributed by atoms with Crippen LogP contribution in [0, 0.1) is 6.92 Å². The van der Waals surface area contributed by atoms with Crippen molar-refractivity contribution in [3.63, 3.8) is 0 Å². The SMILES string of the molecule is Cc1cc(N(C)Cc2ccccc2)nc(NCCC2=CCCCC2)n1. The molecule has 1 aliphatic rings. The Bertz CT molecular complexity index is 709. The van der Waals surface area contributed by atoms with Crippen LogP contribution in [-0.4, -0.2) is 23.6 Å². The first-order valence-corrected chi connectivity index (χ1v) is 9.23. The quantitative estimate of drug-likeness (QED) is 0.743. The van der Waals surface area contributed by atoms with Crippen molar-refractivity contribution in [1.29, 1.82) is 0 Å². The lowest BCUT2D eigenvalue weighted by Gasteiger charge is -2.19. The maximum atomic E-state index is 4.70. The summed E-state index contributed by atoms with van der Waals surface area (Å²) in [6, 6.07) is 12.5. The highest BCUT2D eigenvalue weighted by Crippen LogP contribution is 2.20. The number of anilines is 2. The predicted octanol–water partition coefficient (Wildman–Crippen LogP) is 4.72. The molecule has 0 saturated heterocycles. The predicted molar refractivity (Wildman–Crippen MR) is 105 cm³/mol. The van der Waals surface area contributed by atoms with Crippen LogP contribution in [0.15, 0.2) is 48.0 Å². The van der Waals surface area contributed by atoms with Gasteiger partial charge in [0.2, 0.25) is 5.95 Å². The van der Waals surface area contributed by atoms with E-state index in [1.54, 1.807) is 5.57 Å². The molecule has 0 spiro atoms. The van der Waals surface area contributed by atoms with Gasteiger partial charge in [-0.3, -0.25) is 0 Å². The van der Waals surface area contributed by atoms with Crippen molar-refractivity contribution in [2.45, 2.75) is 45.6 Å². The molecule has 0 radical (unpaired) electrons. The molecule has 0 aliphatic heterocycles. The summed E-state index contributed by atoms with van der Waals surface area (Å²) in [5.41, 5.74) is 3.84. The molecule has 3 rings (SSSR count). The normalized spacial score (nSPS) is 14.1. The lowest BCUT2D eigenvalue weighted by Crippen LogP contribution is -2.19. The zero-order chi connectivity index (χ0) is 17.5. The number of aromatic nitrogens is 2. The molecule has 25 heavy (non-hydrogen) atoms. The fourth-order valence-electron chi connectivity index (χ4n) is 3.23. The van der Waals surface area contributed by atoms with Crippen LogP contribution in [-0.2, 0) is 6.54 Å². The first kappa shape index (κ1) is 17.5. The van der Waals surface area contributed by atoms with Gasteiger partial charge in [0, 0.05) is 31.9 Å². The van der Waals surface area contributed by atoms with Crippen molar-refractivity contribution in [2.24, 2.45) is 0 Å². The largest absolute Gasteiger partial charge is 0.355 e. The number of aryl methyl sites for hydroxylation is 1. The summed E-state index contributed by atoms with van der Waals surface area (Å²) in [5.74, 6) is 1.68. The first-order chi connectivity index (χ1) is 12.2. The molecule has 1 N–H and O–H groups in total. The van der Waals surface area contributed by atoms with Crippen molar-refractivity contribution in [3.8, 4) is 0 Å². The second-order valence-electron chi connectivity index (χ2n) is 6.82. The van der Waals surface area contributed by atoms with Gasteiger partial charge in [-0.25, -0.2) is 4.98 Å². The number of hydrogen-bond donors (Lipinski definition) is 1. The van der Waals surface area contributed by atoms with E-state index in [9.17, 15) is 0 Å². The fourth-order valence-corrected chi connectivity index (χ4v) is 3.23. The van der Waals surface area contributed by atoms with Gasteiger partial charge in [0.15, 0.2) is 0 Å². The summed E-state index contributed by atoms with van der Waals surface area (Å²) in [6.07, 6.45) is 8.66. The minimum atomic E-state index is 0.728. The second kappa shape index (κ2) is 8.65. The van der Waals surface area contributed by atoms with E-state index >= 15 is 0 Å². The van der Waals surface area contributed by atoms with E-state index in [-0.39, 0.29) is 0 Å². The topological polar surface area (TPSA) is 41.1 Å². The van der Waals surface area contributed by atoms with Crippen molar-refractivity contribution >= 4 is 11.8 Å². The number of rotatable bonds is 7. The molecule has 4 nitrogen and oxygen atoms in total. The molecule has 1 aromatic carbocycles. The van der Waals surface area contributed by atoms with Gasteiger partial charge >= 0.3 is 0 Å². The molecule has 0 unspecified atom stereocenters. The summed E-state index contributed by atoms with van der Waals surface area (Å²) >= 11 is 0. The van der Waals surface area contributed by atoms with Crippen LogP contribution in [0.1, 0.15) is 43.4 Å². The van der Waals surface area contributed by atoms with E-state index in [1.807, 2.05) is 19.1 Å². The Hall–Kier alpha value is -2.36. The molecule has 132 valence electrons. The molecule has 0 saturated carbocycles. The highest BCUT2D eigenvalue weighted by molar-refractivity contribution is 5.44. The van der Waals surface area contributed by atoms with Crippen molar-refractivity contribution in [1.82, 2.24) is 9.97 Å². The van der Waals surface area contributed by atoms with E-state index in [2.05, 4.69) is 52.6 Å². The van der Waals surface area contributed by atoms with Crippen molar-refractivity contribution in [3.05, 3.63) is 59.3 Å². The highest BCUT2D eigenvalue weighted by atomic mass is 15.2. The molecule has 0 fully saturated rings. The average molecular weight is 336 g/mol. The van der Waals surface area contributed by atoms with Gasteiger partial charge in [0.25, 0.3) is 0 Å². The van der Waals surface area contributed by atoms with Gasteiger partial charge in [0.05, 0.1) is 0 Å².